The molecule has 84 valence electrons. The maximum atomic E-state index is 3.75. The molecule has 2 atom stereocenters. The molecule has 2 heteroatoms. The van der Waals surface area contributed by atoms with Crippen molar-refractivity contribution in [3.05, 3.63) is 0 Å². The normalized spacial score (nSPS) is 25.3. The highest BCUT2D eigenvalue weighted by Gasteiger charge is 2.15. The topological polar surface area (TPSA) is 12.0 Å². The summed E-state index contributed by atoms with van der Waals surface area (Å²) in [5, 5.41) is 3.75. The predicted octanol–water partition coefficient (Wildman–Crippen LogP) is 3.30. The van der Waals surface area contributed by atoms with E-state index in [9.17, 15) is 0 Å². The lowest BCUT2D eigenvalue weighted by atomic mass is 10.0. The molecular formula is C12H25NS. The van der Waals surface area contributed by atoms with E-state index >= 15 is 0 Å². The molecular weight excluding hydrogens is 190 g/mol. The minimum absolute atomic E-state index is 0.709. The molecule has 14 heavy (non-hydrogen) atoms. The second-order valence-corrected chi connectivity index (χ2v) is 6.10. The van der Waals surface area contributed by atoms with Crippen LogP contribution in [0.4, 0.5) is 0 Å². The summed E-state index contributed by atoms with van der Waals surface area (Å²) in [4.78, 5) is 0. The van der Waals surface area contributed by atoms with Gasteiger partial charge in [0.05, 0.1) is 0 Å². The van der Waals surface area contributed by atoms with Crippen molar-refractivity contribution in [2.75, 3.05) is 11.5 Å². The van der Waals surface area contributed by atoms with E-state index < -0.39 is 0 Å². The Kier molecular flexibility index (Phi) is 5.95. The molecule has 1 N–H and O–H groups in total. The highest BCUT2D eigenvalue weighted by molar-refractivity contribution is 7.99. The summed E-state index contributed by atoms with van der Waals surface area (Å²) in [6, 6.07) is 1.50. The molecule has 0 aliphatic carbocycles. The smallest absolute Gasteiger partial charge is 0.0160 e. The molecule has 1 heterocycles. The highest BCUT2D eigenvalue weighted by Crippen LogP contribution is 2.18. The second-order valence-electron chi connectivity index (χ2n) is 4.95. The van der Waals surface area contributed by atoms with Crippen molar-refractivity contribution in [1.29, 1.82) is 0 Å². The number of hydrogen-bond donors (Lipinski definition) is 1. The zero-order valence-corrected chi connectivity index (χ0v) is 10.7. The van der Waals surface area contributed by atoms with E-state index in [1.807, 2.05) is 0 Å². The molecule has 1 rings (SSSR count). The molecule has 0 aromatic rings. The largest absolute Gasteiger partial charge is 0.311 e. The third kappa shape index (κ3) is 5.26. The van der Waals surface area contributed by atoms with Crippen LogP contribution >= 0.6 is 11.8 Å². The van der Waals surface area contributed by atoms with Gasteiger partial charge >= 0.3 is 0 Å². The van der Waals surface area contributed by atoms with Crippen LogP contribution in [0.25, 0.3) is 0 Å². The van der Waals surface area contributed by atoms with Crippen LogP contribution in [0.1, 0.15) is 46.5 Å². The standard InChI is InChI=1S/C12H25NS/c1-10(2)6-7-11(3)13-12-5-4-8-14-9-12/h10-13H,4-9H2,1-3H3. The third-order valence-corrected chi connectivity index (χ3v) is 4.07. The zero-order chi connectivity index (χ0) is 10.4. The SMILES string of the molecule is CC(C)CCC(C)NC1CCCSC1. The van der Waals surface area contributed by atoms with Crippen LogP contribution < -0.4 is 5.32 Å². The first-order chi connectivity index (χ1) is 6.68. The van der Waals surface area contributed by atoms with Crippen LogP contribution in [0.2, 0.25) is 0 Å². The molecule has 0 spiro atoms. The summed E-state index contributed by atoms with van der Waals surface area (Å²) in [5.74, 6) is 3.55. The average molecular weight is 215 g/mol. The molecule has 2 unspecified atom stereocenters. The maximum absolute atomic E-state index is 3.75. The van der Waals surface area contributed by atoms with E-state index in [1.54, 1.807) is 0 Å². The van der Waals surface area contributed by atoms with Crippen molar-refractivity contribution in [3.63, 3.8) is 0 Å². The lowest BCUT2D eigenvalue weighted by Crippen LogP contribution is -2.39. The summed E-state index contributed by atoms with van der Waals surface area (Å²) in [6.07, 6.45) is 5.48. The first-order valence-electron chi connectivity index (χ1n) is 6.02. The lowest BCUT2D eigenvalue weighted by molar-refractivity contribution is 0.398. The fourth-order valence-corrected chi connectivity index (χ4v) is 3.03. The van der Waals surface area contributed by atoms with E-state index in [-0.39, 0.29) is 0 Å². The fraction of sp³-hybridized carbons (Fsp3) is 1.00. The Balaban J connectivity index is 2.09. The van der Waals surface area contributed by atoms with E-state index in [1.165, 1.54) is 37.2 Å². The molecule has 1 fully saturated rings. The molecule has 0 saturated carbocycles. The second kappa shape index (κ2) is 6.73. The third-order valence-electron chi connectivity index (χ3n) is 2.86. The first-order valence-corrected chi connectivity index (χ1v) is 7.17. The van der Waals surface area contributed by atoms with E-state index in [4.69, 9.17) is 0 Å². The van der Waals surface area contributed by atoms with Gasteiger partial charge in [-0.1, -0.05) is 13.8 Å². The van der Waals surface area contributed by atoms with Gasteiger partial charge in [0.25, 0.3) is 0 Å². The van der Waals surface area contributed by atoms with Crippen molar-refractivity contribution in [2.24, 2.45) is 5.92 Å². The van der Waals surface area contributed by atoms with Gasteiger partial charge in [-0.2, -0.15) is 11.8 Å². The summed E-state index contributed by atoms with van der Waals surface area (Å²) < 4.78 is 0. The quantitative estimate of drug-likeness (QED) is 0.755. The van der Waals surface area contributed by atoms with Gasteiger partial charge in [0.1, 0.15) is 0 Å². The average Bonchev–Trinajstić information content (AvgIpc) is 2.16. The molecule has 0 aromatic heterocycles. The van der Waals surface area contributed by atoms with E-state index in [0.717, 1.165) is 12.0 Å². The summed E-state index contributed by atoms with van der Waals surface area (Å²) >= 11 is 2.11. The summed E-state index contributed by atoms with van der Waals surface area (Å²) in [6.45, 7) is 6.95. The zero-order valence-electron chi connectivity index (χ0n) is 9.88. The lowest BCUT2D eigenvalue weighted by Gasteiger charge is -2.26. The van der Waals surface area contributed by atoms with Gasteiger partial charge in [-0.3, -0.25) is 0 Å². The first kappa shape index (κ1) is 12.4. The molecule has 0 amide bonds. The minimum atomic E-state index is 0.709. The van der Waals surface area contributed by atoms with Crippen LogP contribution in [0.3, 0.4) is 0 Å². The van der Waals surface area contributed by atoms with Crippen LogP contribution in [0.15, 0.2) is 0 Å². The Morgan fingerprint density at radius 2 is 2.07 bits per heavy atom. The monoisotopic (exact) mass is 215 g/mol. The van der Waals surface area contributed by atoms with Gasteiger partial charge in [-0.05, 0) is 44.3 Å². The number of thioether (sulfide) groups is 1. The van der Waals surface area contributed by atoms with Gasteiger partial charge in [-0.25, -0.2) is 0 Å². The summed E-state index contributed by atoms with van der Waals surface area (Å²) in [5.41, 5.74) is 0. The van der Waals surface area contributed by atoms with Crippen molar-refractivity contribution < 1.29 is 0 Å². The fourth-order valence-electron chi connectivity index (χ4n) is 1.94. The van der Waals surface area contributed by atoms with Crippen LogP contribution in [0.5, 0.6) is 0 Å². The molecule has 0 radical (unpaired) electrons. The highest BCUT2D eigenvalue weighted by atomic mass is 32.2. The van der Waals surface area contributed by atoms with Gasteiger partial charge in [0.15, 0.2) is 0 Å². The van der Waals surface area contributed by atoms with Gasteiger partial charge in [0, 0.05) is 17.8 Å². The number of hydrogen-bond acceptors (Lipinski definition) is 2. The minimum Gasteiger partial charge on any atom is -0.311 e. The van der Waals surface area contributed by atoms with Gasteiger partial charge in [-0.15, -0.1) is 0 Å². The van der Waals surface area contributed by atoms with Crippen LogP contribution in [-0.2, 0) is 0 Å². The van der Waals surface area contributed by atoms with Crippen LogP contribution in [-0.4, -0.2) is 23.6 Å². The van der Waals surface area contributed by atoms with E-state index in [0.29, 0.717) is 6.04 Å². The van der Waals surface area contributed by atoms with E-state index in [2.05, 4.69) is 37.8 Å². The number of nitrogens with one attached hydrogen (secondary N) is 1. The molecule has 1 saturated heterocycles. The van der Waals surface area contributed by atoms with Crippen molar-refractivity contribution in [1.82, 2.24) is 5.32 Å². The van der Waals surface area contributed by atoms with Gasteiger partial charge in [0.2, 0.25) is 0 Å². The predicted molar refractivity (Wildman–Crippen MR) is 67.0 cm³/mol. The Bertz CT molecular complexity index is 141. The Morgan fingerprint density at radius 1 is 1.29 bits per heavy atom. The molecule has 0 bridgehead atoms. The van der Waals surface area contributed by atoms with Crippen molar-refractivity contribution in [3.8, 4) is 0 Å². The molecule has 1 nitrogen and oxygen atoms in total. The van der Waals surface area contributed by atoms with Gasteiger partial charge < -0.3 is 5.32 Å². The molecule has 1 aliphatic heterocycles. The summed E-state index contributed by atoms with van der Waals surface area (Å²) in [7, 11) is 0. The maximum Gasteiger partial charge on any atom is 0.0160 e. The van der Waals surface area contributed by atoms with Crippen molar-refractivity contribution >= 4 is 11.8 Å². The Hall–Kier alpha value is 0.310. The van der Waals surface area contributed by atoms with Crippen LogP contribution in [0, 0.1) is 5.92 Å². The molecule has 0 aromatic carbocycles. The Morgan fingerprint density at radius 3 is 2.64 bits per heavy atom. The number of rotatable bonds is 5. The Labute approximate surface area is 93.4 Å². The van der Waals surface area contributed by atoms with Crippen molar-refractivity contribution in [2.45, 2.75) is 58.5 Å². The molecule has 1 aliphatic rings.